The molecule has 5 heteroatoms. The quantitative estimate of drug-likeness (QED) is 0.832. The van der Waals surface area contributed by atoms with Crippen molar-refractivity contribution in [2.75, 3.05) is 0 Å². The Labute approximate surface area is 122 Å². The summed E-state index contributed by atoms with van der Waals surface area (Å²) in [5, 5.41) is 13.9. The first-order chi connectivity index (χ1) is 10.1. The minimum Gasteiger partial charge on any atom is -0.550 e. The van der Waals surface area contributed by atoms with E-state index in [0.717, 1.165) is 12.0 Å². The summed E-state index contributed by atoms with van der Waals surface area (Å²) in [6.07, 6.45) is 4.03. The average Bonchev–Trinajstić information content (AvgIpc) is 3.07. The number of aliphatic carboxylic acids is 1. The van der Waals surface area contributed by atoms with E-state index in [1.807, 2.05) is 42.5 Å². The minimum absolute atomic E-state index is 0.0422. The van der Waals surface area contributed by atoms with Crippen LogP contribution in [0.4, 0.5) is 4.79 Å². The predicted molar refractivity (Wildman–Crippen MR) is 72.8 cm³/mol. The van der Waals surface area contributed by atoms with Gasteiger partial charge >= 0.3 is 6.09 Å². The van der Waals surface area contributed by atoms with Crippen molar-refractivity contribution in [2.24, 2.45) is 17.8 Å². The molecule has 5 nitrogen and oxygen atoms in total. The molecular weight excluding hydrogens is 270 g/mol. The van der Waals surface area contributed by atoms with Crippen molar-refractivity contribution in [1.82, 2.24) is 5.32 Å². The lowest BCUT2D eigenvalue weighted by atomic mass is 9.89. The molecule has 0 unspecified atom stereocenters. The second-order valence-corrected chi connectivity index (χ2v) is 5.52. The van der Waals surface area contributed by atoms with Crippen molar-refractivity contribution in [3.63, 3.8) is 0 Å². The summed E-state index contributed by atoms with van der Waals surface area (Å²) in [5.74, 6) is -1.76. The highest BCUT2D eigenvalue weighted by Gasteiger charge is 2.46. The molecule has 0 saturated heterocycles. The third kappa shape index (κ3) is 2.77. The number of rotatable bonds is 4. The van der Waals surface area contributed by atoms with Gasteiger partial charge in [-0.25, -0.2) is 4.79 Å². The van der Waals surface area contributed by atoms with Crippen LogP contribution in [0, 0.1) is 17.8 Å². The number of alkyl carbamates (subject to hydrolysis) is 1. The van der Waals surface area contributed by atoms with Gasteiger partial charge in [0, 0.05) is 17.9 Å². The molecule has 2 bridgehead atoms. The van der Waals surface area contributed by atoms with E-state index < -0.39 is 24.0 Å². The average molecular weight is 286 g/mol. The third-order valence-corrected chi connectivity index (χ3v) is 4.23. The molecule has 2 aliphatic rings. The predicted octanol–water partition coefficient (Wildman–Crippen LogP) is 0.853. The van der Waals surface area contributed by atoms with E-state index >= 15 is 0 Å². The lowest BCUT2D eigenvalue weighted by Crippen LogP contribution is -2.49. The number of allylic oxidation sites excluding steroid dienone is 1. The van der Waals surface area contributed by atoms with Crippen molar-refractivity contribution in [3.05, 3.63) is 48.0 Å². The zero-order valence-electron chi connectivity index (χ0n) is 11.4. The van der Waals surface area contributed by atoms with Crippen LogP contribution in [-0.2, 0) is 16.1 Å². The highest BCUT2D eigenvalue weighted by atomic mass is 16.5. The molecule has 0 spiro atoms. The molecule has 110 valence electrons. The maximum atomic E-state index is 11.8. The van der Waals surface area contributed by atoms with Gasteiger partial charge in [0.2, 0.25) is 0 Å². The topological polar surface area (TPSA) is 78.5 Å². The molecule has 0 heterocycles. The summed E-state index contributed by atoms with van der Waals surface area (Å²) < 4.78 is 5.14. The smallest absolute Gasteiger partial charge is 0.407 e. The van der Waals surface area contributed by atoms with Gasteiger partial charge in [-0.05, 0) is 23.8 Å². The highest BCUT2D eigenvalue weighted by Crippen LogP contribution is 2.43. The van der Waals surface area contributed by atoms with Gasteiger partial charge in [0.25, 0.3) is 0 Å². The minimum atomic E-state index is -1.11. The molecule has 0 aliphatic heterocycles. The van der Waals surface area contributed by atoms with Gasteiger partial charge in [0.1, 0.15) is 6.61 Å². The Morgan fingerprint density at radius 1 is 1.19 bits per heavy atom. The molecule has 1 aromatic carbocycles. The van der Waals surface area contributed by atoms with E-state index in [1.54, 1.807) is 0 Å². The second kappa shape index (κ2) is 5.60. The van der Waals surface area contributed by atoms with E-state index in [1.165, 1.54) is 0 Å². The molecule has 1 amide bonds. The van der Waals surface area contributed by atoms with Crippen molar-refractivity contribution < 1.29 is 19.4 Å². The molecule has 2 aliphatic carbocycles. The molecule has 0 radical (unpaired) electrons. The summed E-state index contributed by atoms with van der Waals surface area (Å²) in [4.78, 5) is 23.1. The largest absolute Gasteiger partial charge is 0.550 e. The van der Waals surface area contributed by atoms with E-state index in [2.05, 4.69) is 5.32 Å². The fourth-order valence-electron chi connectivity index (χ4n) is 3.24. The van der Waals surface area contributed by atoms with Crippen molar-refractivity contribution in [2.45, 2.75) is 19.1 Å². The molecule has 1 fully saturated rings. The molecule has 3 rings (SSSR count). The number of hydrogen-bond acceptors (Lipinski definition) is 4. The fraction of sp³-hybridized carbons (Fsp3) is 0.375. The number of carboxylic acid groups (broad SMARTS) is 1. The highest BCUT2D eigenvalue weighted by molar-refractivity contribution is 5.74. The number of carboxylic acids is 1. The van der Waals surface area contributed by atoms with Crippen LogP contribution >= 0.6 is 0 Å². The van der Waals surface area contributed by atoms with Gasteiger partial charge in [-0.3, -0.25) is 0 Å². The van der Waals surface area contributed by atoms with E-state index in [0.29, 0.717) is 0 Å². The van der Waals surface area contributed by atoms with Crippen molar-refractivity contribution in [3.8, 4) is 0 Å². The fourth-order valence-corrected chi connectivity index (χ4v) is 3.24. The first-order valence-corrected chi connectivity index (χ1v) is 7.01. The maximum Gasteiger partial charge on any atom is 0.407 e. The van der Waals surface area contributed by atoms with Gasteiger partial charge in [-0.2, -0.15) is 0 Å². The molecule has 1 N–H and O–H groups in total. The Bertz CT molecular complexity index is 569. The van der Waals surface area contributed by atoms with E-state index in [9.17, 15) is 14.7 Å². The lowest BCUT2D eigenvalue weighted by Gasteiger charge is -2.29. The molecule has 4 atom stereocenters. The van der Waals surface area contributed by atoms with Crippen LogP contribution < -0.4 is 10.4 Å². The van der Waals surface area contributed by atoms with Crippen LogP contribution in [0.25, 0.3) is 0 Å². The number of benzene rings is 1. The Kier molecular flexibility index (Phi) is 3.64. The standard InChI is InChI=1S/C16H17NO4/c18-15(19)13-11-6-7-12(8-11)14(13)17-16(20)21-9-10-4-2-1-3-5-10/h1-7,11-14H,8-9H2,(H,17,20)(H,18,19)/p-1/t11-,12+,13-,14+/m0/s1. The summed E-state index contributed by atoms with van der Waals surface area (Å²) in [6, 6.07) is 8.89. The van der Waals surface area contributed by atoms with E-state index in [4.69, 9.17) is 4.74 Å². The Balaban J connectivity index is 1.57. The number of fused-ring (bicyclic) bond motifs is 2. The first-order valence-electron chi connectivity index (χ1n) is 7.01. The summed E-state index contributed by atoms with van der Waals surface area (Å²) in [7, 11) is 0. The van der Waals surface area contributed by atoms with Gasteiger partial charge in [0.05, 0.1) is 0 Å². The molecular formula is C16H16NO4-. The van der Waals surface area contributed by atoms with Crippen LogP contribution in [0.2, 0.25) is 0 Å². The lowest BCUT2D eigenvalue weighted by molar-refractivity contribution is -0.313. The second-order valence-electron chi connectivity index (χ2n) is 5.52. The molecule has 0 aromatic heterocycles. The third-order valence-electron chi connectivity index (χ3n) is 4.23. The maximum absolute atomic E-state index is 11.8. The van der Waals surface area contributed by atoms with Crippen molar-refractivity contribution in [1.29, 1.82) is 0 Å². The number of carbonyl (C=O) groups is 2. The van der Waals surface area contributed by atoms with Gasteiger partial charge in [-0.15, -0.1) is 0 Å². The molecule has 1 aromatic rings. The monoisotopic (exact) mass is 286 g/mol. The normalized spacial score (nSPS) is 29.3. The number of amides is 1. The van der Waals surface area contributed by atoms with Gasteiger partial charge < -0.3 is 20.0 Å². The van der Waals surface area contributed by atoms with E-state index in [-0.39, 0.29) is 18.4 Å². The zero-order chi connectivity index (χ0) is 14.8. The van der Waals surface area contributed by atoms with Crippen LogP contribution in [-0.4, -0.2) is 18.1 Å². The summed E-state index contributed by atoms with van der Waals surface area (Å²) in [5.41, 5.74) is 0.886. The summed E-state index contributed by atoms with van der Waals surface area (Å²) >= 11 is 0. The van der Waals surface area contributed by atoms with Crippen LogP contribution in [0.3, 0.4) is 0 Å². The first kappa shape index (κ1) is 13.7. The van der Waals surface area contributed by atoms with Crippen LogP contribution in [0.1, 0.15) is 12.0 Å². The van der Waals surface area contributed by atoms with Crippen LogP contribution in [0.5, 0.6) is 0 Å². The number of nitrogens with one attached hydrogen (secondary N) is 1. The number of carbonyl (C=O) groups excluding carboxylic acids is 2. The van der Waals surface area contributed by atoms with Crippen LogP contribution in [0.15, 0.2) is 42.5 Å². The Morgan fingerprint density at radius 3 is 2.62 bits per heavy atom. The van der Waals surface area contributed by atoms with Crippen molar-refractivity contribution >= 4 is 12.1 Å². The zero-order valence-corrected chi connectivity index (χ0v) is 11.4. The number of hydrogen-bond donors (Lipinski definition) is 1. The Hall–Kier alpha value is -2.30. The molecule has 1 saturated carbocycles. The Morgan fingerprint density at radius 2 is 1.90 bits per heavy atom. The molecule has 21 heavy (non-hydrogen) atoms. The summed E-state index contributed by atoms with van der Waals surface area (Å²) in [6.45, 7) is 0.166. The van der Waals surface area contributed by atoms with Gasteiger partial charge in [-0.1, -0.05) is 42.5 Å². The SMILES string of the molecule is O=C(N[C@H]1[C@@H](C(=O)[O-])[C@H]2C=C[C@@H]1C2)OCc1ccccc1. The van der Waals surface area contributed by atoms with Gasteiger partial charge in [0.15, 0.2) is 0 Å². The number of ether oxygens (including phenoxy) is 1.